The van der Waals surface area contributed by atoms with Crippen LogP contribution < -0.4 is 21.9 Å². The highest BCUT2D eigenvalue weighted by Gasteiger charge is 2.27. The van der Waals surface area contributed by atoms with Crippen LogP contribution in [-0.4, -0.2) is 22.0 Å². The molecule has 180 valence electrons. The van der Waals surface area contributed by atoms with Crippen LogP contribution in [0.25, 0.3) is 0 Å². The topological polar surface area (TPSA) is 101 Å². The van der Waals surface area contributed by atoms with Gasteiger partial charge in [0.2, 0.25) is 0 Å². The maximum atomic E-state index is 13.8. The van der Waals surface area contributed by atoms with Gasteiger partial charge in [0, 0.05) is 11.4 Å². The van der Waals surface area contributed by atoms with E-state index in [2.05, 4.69) is 18.8 Å². The predicted molar refractivity (Wildman–Crippen MR) is 138 cm³/mol. The minimum absolute atomic E-state index is 0.00725. The summed E-state index contributed by atoms with van der Waals surface area (Å²) in [5.74, 6) is 0.0968. The Morgan fingerprint density at radius 1 is 1.15 bits per heavy atom. The molecule has 0 bridgehead atoms. The highest BCUT2D eigenvalue weighted by molar-refractivity contribution is 7.14. The summed E-state index contributed by atoms with van der Waals surface area (Å²) in [5, 5.41) is 0. The van der Waals surface area contributed by atoms with Gasteiger partial charge in [0.25, 0.3) is 11.5 Å². The number of aromatic nitrogens is 2. The summed E-state index contributed by atoms with van der Waals surface area (Å²) in [6.45, 7) is 4.69. The first kappa shape index (κ1) is 24.0. The van der Waals surface area contributed by atoms with Crippen LogP contribution in [0.5, 0.6) is 0 Å². The van der Waals surface area contributed by atoms with Crippen molar-refractivity contribution in [1.82, 2.24) is 9.55 Å². The van der Waals surface area contributed by atoms with Crippen LogP contribution in [0, 0.1) is 5.92 Å². The molecule has 0 aliphatic heterocycles. The lowest BCUT2D eigenvalue weighted by atomic mass is 10.1. The number of thiophene rings is 1. The molecule has 7 nitrogen and oxygen atoms in total. The number of aryl methyl sites for hydroxylation is 2. The van der Waals surface area contributed by atoms with Crippen LogP contribution in [0.3, 0.4) is 0 Å². The van der Waals surface area contributed by atoms with E-state index in [0.717, 1.165) is 31.2 Å². The van der Waals surface area contributed by atoms with Crippen molar-refractivity contribution in [3.05, 3.63) is 78.1 Å². The zero-order chi connectivity index (χ0) is 24.2. The van der Waals surface area contributed by atoms with E-state index in [1.54, 1.807) is 0 Å². The Morgan fingerprint density at radius 3 is 2.62 bits per heavy atom. The monoisotopic (exact) mass is 480 g/mol. The van der Waals surface area contributed by atoms with E-state index in [-0.39, 0.29) is 24.0 Å². The summed E-state index contributed by atoms with van der Waals surface area (Å²) in [6.07, 6.45) is 6.15. The summed E-state index contributed by atoms with van der Waals surface area (Å²) < 4.78 is 1.32. The molecule has 1 amide bonds. The Kier molecular flexibility index (Phi) is 7.36. The zero-order valence-corrected chi connectivity index (χ0v) is 20.6. The highest BCUT2D eigenvalue weighted by Crippen LogP contribution is 2.31. The van der Waals surface area contributed by atoms with Gasteiger partial charge in [-0.25, -0.2) is 4.79 Å². The molecule has 1 aromatic carbocycles. The Hall–Kier alpha value is -3.13. The van der Waals surface area contributed by atoms with Crippen LogP contribution in [-0.2, 0) is 19.4 Å². The number of anilines is 2. The molecule has 4 rings (SSSR count). The minimum Gasteiger partial charge on any atom is -0.383 e. The second-order valence-corrected chi connectivity index (χ2v) is 10.5. The number of benzene rings is 1. The smallest absolute Gasteiger partial charge is 0.330 e. The molecule has 0 radical (unpaired) electrons. The van der Waals surface area contributed by atoms with Crippen molar-refractivity contribution in [3.63, 3.8) is 0 Å². The summed E-state index contributed by atoms with van der Waals surface area (Å²) in [5.41, 5.74) is 7.36. The van der Waals surface area contributed by atoms with E-state index in [1.807, 2.05) is 36.4 Å². The fraction of sp³-hybridized carbons (Fsp3) is 0.423. The van der Waals surface area contributed by atoms with Crippen molar-refractivity contribution in [1.29, 1.82) is 0 Å². The van der Waals surface area contributed by atoms with Gasteiger partial charge in [-0.3, -0.25) is 24.0 Å². The number of nitrogens with one attached hydrogen (secondary N) is 1. The van der Waals surface area contributed by atoms with Gasteiger partial charge in [-0.2, -0.15) is 0 Å². The van der Waals surface area contributed by atoms with Gasteiger partial charge in [0.15, 0.2) is 5.69 Å². The van der Waals surface area contributed by atoms with Gasteiger partial charge in [0.05, 0.1) is 11.4 Å². The maximum absolute atomic E-state index is 13.8. The average Bonchev–Trinajstić information content (AvgIpc) is 3.09. The molecule has 0 spiro atoms. The third-order valence-electron chi connectivity index (χ3n) is 6.30. The van der Waals surface area contributed by atoms with Crippen molar-refractivity contribution in [2.45, 2.75) is 58.9 Å². The standard InChI is InChI=1S/C26H32N4O3S/c1-17(2)13-14-29(25(32)21-15-19-11-7-4-8-12-20(19)34-21)22-23(27)30(26(33)28-24(22)31)16-18-9-5-3-6-10-18/h3,5-6,9-10,15,17H,4,7-8,11-14,16,27H2,1-2H3,(H,28,31,33). The number of fused-ring (bicyclic) bond motifs is 1. The molecule has 1 aliphatic rings. The van der Waals surface area contributed by atoms with Gasteiger partial charge in [-0.1, -0.05) is 50.6 Å². The summed E-state index contributed by atoms with van der Waals surface area (Å²) >= 11 is 1.52. The van der Waals surface area contributed by atoms with E-state index in [0.29, 0.717) is 23.8 Å². The number of carbonyl (C=O) groups excluding carboxylic acids is 1. The van der Waals surface area contributed by atoms with Crippen molar-refractivity contribution in [3.8, 4) is 0 Å². The van der Waals surface area contributed by atoms with Crippen molar-refractivity contribution >= 4 is 28.7 Å². The van der Waals surface area contributed by atoms with Crippen molar-refractivity contribution in [2.75, 3.05) is 17.2 Å². The molecule has 0 saturated heterocycles. The van der Waals surface area contributed by atoms with E-state index < -0.39 is 11.2 Å². The number of hydrogen-bond donors (Lipinski definition) is 2. The third-order valence-corrected chi connectivity index (χ3v) is 7.53. The molecule has 0 fully saturated rings. The lowest BCUT2D eigenvalue weighted by Crippen LogP contribution is -2.41. The van der Waals surface area contributed by atoms with Gasteiger partial charge < -0.3 is 5.73 Å². The van der Waals surface area contributed by atoms with Gasteiger partial charge in [0.1, 0.15) is 5.82 Å². The zero-order valence-electron chi connectivity index (χ0n) is 19.8. The molecule has 0 atom stereocenters. The van der Waals surface area contributed by atoms with E-state index in [4.69, 9.17) is 5.73 Å². The first-order chi connectivity index (χ1) is 16.3. The predicted octanol–water partition coefficient (Wildman–Crippen LogP) is 4.19. The second kappa shape index (κ2) is 10.4. The lowest BCUT2D eigenvalue weighted by molar-refractivity contribution is 0.0989. The first-order valence-corrected chi connectivity index (χ1v) is 12.8. The molecule has 2 aromatic heterocycles. The molecule has 2 heterocycles. The van der Waals surface area contributed by atoms with E-state index in [9.17, 15) is 14.4 Å². The molecule has 1 aliphatic carbocycles. The number of nitrogens with two attached hydrogens (primary N) is 1. The molecular formula is C26H32N4O3S. The number of nitrogens with zero attached hydrogens (tertiary/aromatic N) is 2. The molecule has 0 unspecified atom stereocenters. The first-order valence-electron chi connectivity index (χ1n) is 11.9. The number of nitrogen functional groups attached to an aromatic ring is 1. The number of rotatable bonds is 7. The van der Waals surface area contributed by atoms with Crippen molar-refractivity contribution < 1.29 is 4.79 Å². The number of amides is 1. The molecule has 34 heavy (non-hydrogen) atoms. The Bertz CT molecular complexity index is 1250. The summed E-state index contributed by atoms with van der Waals surface area (Å²) in [6, 6.07) is 11.4. The summed E-state index contributed by atoms with van der Waals surface area (Å²) in [4.78, 5) is 45.1. The summed E-state index contributed by atoms with van der Waals surface area (Å²) in [7, 11) is 0. The van der Waals surface area contributed by atoms with E-state index in [1.165, 1.54) is 37.7 Å². The number of carbonyl (C=O) groups is 1. The maximum Gasteiger partial charge on any atom is 0.330 e. The Balaban J connectivity index is 1.76. The van der Waals surface area contributed by atoms with Crippen LogP contribution in [0.4, 0.5) is 11.5 Å². The van der Waals surface area contributed by atoms with Gasteiger partial charge in [-0.15, -0.1) is 11.3 Å². The highest BCUT2D eigenvalue weighted by atomic mass is 32.1. The normalized spacial score (nSPS) is 13.5. The van der Waals surface area contributed by atoms with Crippen LogP contribution >= 0.6 is 11.3 Å². The van der Waals surface area contributed by atoms with Crippen molar-refractivity contribution in [2.24, 2.45) is 5.92 Å². The molecule has 0 saturated carbocycles. The molecule has 3 aromatic rings. The fourth-order valence-electron chi connectivity index (χ4n) is 4.37. The van der Waals surface area contributed by atoms with Crippen LogP contribution in [0.1, 0.15) is 65.2 Å². The number of aromatic amines is 1. The molecule has 8 heteroatoms. The Labute approximate surface area is 203 Å². The Morgan fingerprint density at radius 2 is 1.88 bits per heavy atom. The number of hydrogen-bond acceptors (Lipinski definition) is 5. The van der Waals surface area contributed by atoms with Crippen LogP contribution in [0.2, 0.25) is 0 Å². The molecular weight excluding hydrogens is 448 g/mol. The third kappa shape index (κ3) is 5.17. The van der Waals surface area contributed by atoms with E-state index >= 15 is 0 Å². The number of H-pyrrole nitrogens is 1. The lowest BCUT2D eigenvalue weighted by Gasteiger charge is -2.25. The molecule has 3 N–H and O–H groups in total. The fourth-order valence-corrected chi connectivity index (χ4v) is 5.57. The largest absolute Gasteiger partial charge is 0.383 e. The van der Waals surface area contributed by atoms with Crippen LogP contribution in [0.15, 0.2) is 46.0 Å². The SMILES string of the molecule is CC(C)CCN(C(=O)c1cc2c(s1)CCCCC2)c1c(N)n(Cc2ccccc2)c(=O)[nH]c1=O. The second-order valence-electron chi connectivity index (χ2n) is 9.32. The van der Waals surface area contributed by atoms with Gasteiger partial charge in [-0.05, 0) is 55.2 Å². The quantitative estimate of drug-likeness (QED) is 0.495. The minimum atomic E-state index is -0.637. The average molecular weight is 481 g/mol. The van der Waals surface area contributed by atoms with Gasteiger partial charge >= 0.3 is 5.69 Å².